The molecular formula is C13H27IN4O. The van der Waals surface area contributed by atoms with Gasteiger partial charge < -0.3 is 15.5 Å². The maximum atomic E-state index is 11.4. The summed E-state index contributed by atoms with van der Waals surface area (Å²) in [6.45, 7) is 10.2. The number of rotatable bonds is 5. The summed E-state index contributed by atoms with van der Waals surface area (Å²) in [5, 5.41) is 6.18. The second-order valence-electron chi connectivity index (χ2n) is 4.88. The van der Waals surface area contributed by atoms with Crippen LogP contribution in [0.2, 0.25) is 0 Å². The van der Waals surface area contributed by atoms with Crippen LogP contribution in [0.4, 0.5) is 0 Å². The maximum Gasteiger partial charge on any atom is 0.222 e. The van der Waals surface area contributed by atoms with Gasteiger partial charge in [0.1, 0.15) is 0 Å². The molecule has 1 rings (SSSR count). The van der Waals surface area contributed by atoms with Crippen LogP contribution in [0.25, 0.3) is 0 Å². The van der Waals surface area contributed by atoms with Gasteiger partial charge >= 0.3 is 0 Å². The molecule has 0 aliphatic carbocycles. The highest BCUT2D eigenvalue weighted by molar-refractivity contribution is 14.0. The van der Waals surface area contributed by atoms with Gasteiger partial charge in [0.15, 0.2) is 5.96 Å². The Morgan fingerprint density at radius 2 is 1.89 bits per heavy atom. The van der Waals surface area contributed by atoms with E-state index in [1.165, 1.54) is 12.8 Å². The first-order valence-corrected chi connectivity index (χ1v) is 6.96. The number of halogens is 1. The summed E-state index contributed by atoms with van der Waals surface area (Å²) in [6.07, 6.45) is 2.49. The zero-order valence-corrected chi connectivity index (χ0v) is 14.6. The van der Waals surface area contributed by atoms with E-state index in [4.69, 9.17) is 0 Å². The third-order valence-electron chi connectivity index (χ3n) is 2.94. The molecule has 0 spiro atoms. The van der Waals surface area contributed by atoms with Crippen LogP contribution < -0.4 is 10.6 Å². The standard InChI is InChI=1S/C13H26N4O.HI/c1-4-14-13(17-9-5-6-10-17)16-8-7-15-12(18)11(2)3;/h11H,4-10H2,1-3H3,(H,14,16)(H,15,18);1H. The van der Waals surface area contributed by atoms with Crippen molar-refractivity contribution < 1.29 is 4.79 Å². The van der Waals surface area contributed by atoms with Gasteiger partial charge in [-0.2, -0.15) is 0 Å². The number of hydrogen-bond donors (Lipinski definition) is 2. The van der Waals surface area contributed by atoms with Gasteiger partial charge in [0.25, 0.3) is 0 Å². The molecule has 0 aromatic rings. The number of amides is 1. The van der Waals surface area contributed by atoms with Crippen LogP contribution in [-0.4, -0.2) is 49.5 Å². The summed E-state index contributed by atoms with van der Waals surface area (Å²) >= 11 is 0. The Hall–Kier alpha value is -0.530. The van der Waals surface area contributed by atoms with E-state index in [1.807, 2.05) is 13.8 Å². The van der Waals surface area contributed by atoms with Crippen molar-refractivity contribution in [3.05, 3.63) is 0 Å². The highest BCUT2D eigenvalue weighted by Gasteiger charge is 2.15. The average molecular weight is 382 g/mol. The number of carbonyl (C=O) groups excluding carboxylic acids is 1. The number of carbonyl (C=O) groups is 1. The molecule has 112 valence electrons. The quantitative estimate of drug-likeness (QED) is 0.328. The van der Waals surface area contributed by atoms with Crippen molar-refractivity contribution in [1.82, 2.24) is 15.5 Å². The minimum absolute atomic E-state index is 0. The van der Waals surface area contributed by atoms with E-state index >= 15 is 0 Å². The highest BCUT2D eigenvalue weighted by Crippen LogP contribution is 2.07. The molecule has 6 heteroatoms. The fourth-order valence-electron chi connectivity index (χ4n) is 1.90. The molecule has 1 fully saturated rings. The van der Waals surface area contributed by atoms with E-state index in [1.54, 1.807) is 0 Å². The maximum absolute atomic E-state index is 11.4. The summed E-state index contributed by atoms with van der Waals surface area (Å²) in [7, 11) is 0. The smallest absolute Gasteiger partial charge is 0.222 e. The summed E-state index contributed by atoms with van der Waals surface area (Å²) in [6, 6.07) is 0. The van der Waals surface area contributed by atoms with Crippen molar-refractivity contribution in [1.29, 1.82) is 0 Å². The van der Waals surface area contributed by atoms with E-state index in [0.29, 0.717) is 13.1 Å². The average Bonchev–Trinajstić information content (AvgIpc) is 2.86. The molecule has 0 atom stereocenters. The van der Waals surface area contributed by atoms with Crippen LogP contribution in [-0.2, 0) is 4.79 Å². The molecule has 0 bridgehead atoms. The first-order valence-electron chi connectivity index (χ1n) is 6.96. The van der Waals surface area contributed by atoms with Gasteiger partial charge in [-0.25, -0.2) is 0 Å². The monoisotopic (exact) mass is 382 g/mol. The largest absolute Gasteiger partial charge is 0.357 e. The van der Waals surface area contributed by atoms with Crippen molar-refractivity contribution in [2.24, 2.45) is 10.9 Å². The first-order chi connectivity index (χ1) is 8.65. The molecule has 0 aromatic carbocycles. The Morgan fingerprint density at radius 1 is 1.26 bits per heavy atom. The molecule has 1 heterocycles. The minimum Gasteiger partial charge on any atom is -0.357 e. The molecule has 0 radical (unpaired) electrons. The minimum atomic E-state index is 0. The number of aliphatic imine (C=N–C) groups is 1. The second kappa shape index (κ2) is 10.3. The van der Waals surface area contributed by atoms with Gasteiger partial charge in [-0.05, 0) is 19.8 Å². The normalized spacial score (nSPS) is 15.4. The number of likely N-dealkylation sites (tertiary alicyclic amines) is 1. The fourth-order valence-corrected chi connectivity index (χ4v) is 1.90. The third-order valence-corrected chi connectivity index (χ3v) is 2.94. The lowest BCUT2D eigenvalue weighted by Gasteiger charge is -2.20. The van der Waals surface area contributed by atoms with Crippen LogP contribution in [0.15, 0.2) is 4.99 Å². The van der Waals surface area contributed by atoms with Crippen LogP contribution >= 0.6 is 24.0 Å². The summed E-state index contributed by atoms with van der Waals surface area (Å²) < 4.78 is 0. The topological polar surface area (TPSA) is 56.7 Å². The predicted molar refractivity (Wildman–Crippen MR) is 90.0 cm³/mol. The lowest BCUT2D eigenvalue weighted by molar-refractivity contribution is -0.123. The van der Waals surface area contributed by atoms with Crippen LogP contribution in [0.3, 0.4) is 0 Å². The summed E-state index contributed by atoms with van der Waals surface area (Å²) in [5.74, 6) is 1.12. The molecule has 19 heavy (non-hydrogen) atoms. The second-order valence-corrected chi connectivity index (χ2v) is 4.88. The zero-order valence-electron chi connectivity index (χ0n) is 12.2. The Bertz CT molecular complexity index is 288. The van der Waals surface area contributed by atoms with E-state index in [9.17, 15) is 4.79 Å². The molecule has 1 amide bonds. The Labute approximate surface area is 133 Å². The van der Waals surface area contributed by atoms with E-state index in [-0.39, 0.29) is 35.8 Å². The Kier molecular flexibility index (Phi) is 9.99. The Morgan fingerprint density at radius 3 is 2.42 bits per heavy atom. The molecule has 2 N–H and O–H groups in total. The van der Waals surface area contributed by atoms with Crippen LogP contribution in [0.1, 0.15) is 33.6 Å². The van der Waals surface area contributed by atoms with Gasteiger partial charge in [0.2, 0.25) is 5.91 Å². The number of nitrogens with zero attached hydrogens (tertiary/aromatic N) is 2. The van der Waals surface area contributed by atoms with Crippen molar-refractivity contribution in [2.45, 2.75) is 33.6 Å². The molecule has 1 aliphatic rings. The number of hydrogen-bond acceptors (Lipinski definition) is 2. The zero-order chi connectivity index (χ0) is 13.4. The first kappa shape index (κ1) is 18.5. The van der Waals surface area contributed by atoms with Crippen molar-refractivity contribution in [3.8, 4) is 0 Å². The molecule has 0 unspecified atom stereocenters. The Balaban J connectivity index is 0.00000324. The predicted octanol–water partition coefficient (Wildman–Crippen LogP) is 1.44. The fraction of sp³-hybridized carbons (Fsp3) is 0.846. The van der Waals surface area contributed by atoms with Gasteiger partial charge in [-0.1, -0.05) is 13.8 Å². The molecule has 1 saturated heterocycles. The van der Waals surface area contributed by atoms with Crippen molar-refractivity contribution >= 4 is 35.8 Å². The SMILES string of the molecule is CCNC(=NCCNC(=O)C(C)C)N1CCCC1.I. The molecule has 5 nitrogen and oxygen atoms in total. The van der Waals surface area contributed by atoms with E-state index in [2.05, 4.69) is 27.4 Å². The van der Waals surface area contributed by atoms with E-state index in [0.717, 1.165) is 25.6 Å². The van der Waals surface area contributed by atoms with Gasteiger partial charge in [0, 0.05) is 32.1 Å². The highest BCUT2D eigenvalue weighted by atomic mass is 127. The molecule has 1 aliphatic heterocycles. The lowest BCUT2D eigenvalue weighted by Crippen LogP contribution is -2.40. The van der Waals surface area contributed by atoms with Gasteiger partial charge in [0.05, 0.1) is 6.54 Å². The molecular weight excluding hydrogens is 355 g/mol. The van der Waals surface area contributed by atoms with Crippen molar-refractivity contribution in [2.75, 3.05) is 32.7 Å². The van der Waals surface area contributed by atoms with Crippen LogP contribution in [0, 0.1) is 5.92 Å². The van der Waals surface area contributed by atoms with E-state index < -0.39 is 0 Å². The molecule has 0 aromatic heterocycles. The number of nitrogens with one attached hydrogen (secondary N) is 2. The van der Waals surface area contributed by atoms with Gasteiger partial charge in [-0.3, -0.25) is 9.79 Å². The number of guanidine groups is 1. The third kappa shape index (κ3) is 6.98. The lowest BCUT2D eigenvalue weighted by atomic mass is 10.2. The van der Waals surface area contributed by atoms with Gasteiger partial charge in [-0.15, -0.1) is 24.0 Å². The summed E-state index contributed by atoms with van der Waals surface area (Å²) in [5.41, 5.74) is 0. The molecule has 0 saturated carbocycles. The van der Waals surface area contributed by atoms with Crippen LogP contribution in [0.5, 0.6) is 0 Å². The summed E-state index contributed by atoms with van der Waals surface area (Å²) in [4.78, 5) is 18.2. The van der Waals surface area contributed by atoms with Crippen molar-refractivity contribution in [3.63, 3.8) is 0 Å².